The highest BCUT2D eigenvalue weighted by Gasteiger charge is 2.42. The van der Waals surface area contributed by atoms with Crippen LogP contribution < -0.4 is 5.32 Å². The van der Waals surface area contributed by atoms with Crippen LogP contribution in [0, 0.1) is 0 Å². The Labute approximate surface area is 106 Å². The molecule has 0 aromatic carbocycles. The third-order valence-corrected chi connectivity index (χ3v) is 5.38. The molecule has 3 aliphatic rings. The van der Waals surface area contributed by atoms with Gasteiger partial charge in [-0.25, -0.2) is 4.98 Å². The molecule has 0 radical (unpaired) electrons. The highest BCUT2D eigenvalue weighted by atomic mass is 32.1. The van der Waals surface area contributed by atoms with Crippen LogP contribution in [-0.4, -0.2) is 23.7 Å². The fourth-order valence-corrected chi connectivity index (χ4v) is 4.51. The molecule has 0 aliphatic carbocycles. The average molecular weight is 250 g/mol. The summed E-state index contributed by atoms with van der Waals surface area (Å²) in [4.78, 5) is 4.87. The lowest BCUT2D eigenvalue weighted by Gasteiger charge is -2.15. The molecule has 0 saturated carbocycles. The Balaban J connectivity index is 1.54. The van der Waals surface area contributed by atoms with Crippen LogP contribution in [0.4, 0.5) is 0 Å². The minimum absolute atomic E-state index is 0.468. The van der Waals surface area contributed by atoms with Gasteiger partial charge >= 0.3 is 0 Å². The first-order valence-electron chi connectivity index (χ1n) is 6.74. The standard InChI is InChI=1S/C13H18N2OS/c1-2-10(14-5-1)11-7-17-13(15-11)9-6-8-3-4-12(9)16-8/h7-10,12,14H,1-6H2. The second-order valence-electron chi connectivity index (χ2n) is 5.48. The van der Waals surface area contributed by atoms with Gasteiger partial charge in [0.2, 0.25) is 0 Å². The summed E-state index contributed by atoms with van der Waals surface area (Å²) < 4.78 is 5.93. The van der Waals surface area contributed by atoms with Crippen molar-refractivity contribution in [2.75, 3.05) is 6.54 Å². The van der Waals surface area contributed by atoms with Crippen molar-refractivity contribution in [1.82, 2.24) is 10.3 Å². The Morgan fingerprint density at radius 3 is 3.06 bits per heavy atom. The molecule has 4 heterocycles. The number of hydrogen-bond donors (Lipinski definition) is 1. The van der Waals surface area contributed by atoms with Crippen LogP contribution in [0.3, 0.4) is 0 Å². The van der Waals surface area contributed by atoms with E-state index in [0.717, 1.165) is 6.54 Å². The first-order chi connectivity index (χ1) is 8.40. The molecule has 0 spiro atoms. The fraction of sp³-hybridized carbons (Fsp3) is 0.769. The summed E-state index contributed by atoms with van der Waals surface area (Å²) in [5.41, 5.74) is 1.27. The number of thiazole rings is 1. The SMILES string of the molecule is c1sc(C2CC3CCC2O3)nc1C1CCCN1. The minimum atomic E-state index is 0.468. The van der Waals surface area contributed by atoms with Crippen molar-refractivity contribution in [2.24, 2.45) is 0 Å². The number of fused-ring (bicyclic) bond motifs is 2. The first-order valence-corrected chi connectivity index (χ1v) is 7.62. The number of ether oxygens (including phenoxy) is 1. The molecule has 3 fully saturated rings. The van der Waals surface area contributed by atoms with Gasteiger partial charge < -0.3 is 10.1 Å². The molecule has 0 amide bonds. The van der Waals surface area contributed by atoms with Crippen LogP contribution in [0.1, 0.15) is 54.8 Å². The Morgan fingerprint density at radius 1 is 1.35 bits per heavy atom. The smallest absolute Gasteiger partial charge is 0.0986 e. The van der Waals surface area contributed by atoms with E-state index in [4.69, 9.17) is 9.72 Å². The van der Waals surface area contributed by atoms with E-state index in [1.807, 2.05) is 11.3 Å². The van der Waals surface area contributed by atoms with Gasteiger partial charge in [-0.2, -0.15) is 0 Å². The molecular formula is C13H18N2OS. The second kappa shape index (κ2) is 4.04. The largest absolute Gasteiger partial charge is 0.374 e. The maximum Gasteiger partial charge on any atom is 0.0986 e. The highest BCUT2D eigenvalue weighted by molar-refractivity contribution is 7.09. The molecule has 3 aliphatic heterocycles. The van der Waals surface area contributed by atoms with Crippen molar-refractivity contribution < 1.29 is 4.74 Å². The molecule has 1 aromatic heterocycles. The Kier molecular flexibility index (Phi) is 2.49. The number of aromatic nitrogens is 1. The van der Waals surface area contributed by atoms with Gasteiger partial charge in [0, 0.05) is 11.3 Å². The Bertz CT molecular complexity index is 413. The number of nitrogens with zero attached hydrogens (tertiary/aromatic N) is 1. The summed E-state index contributed by atoms with van der Waals surface area (Å²) in [6, 6.07) is 0.513. The van der Waals surface area contributed by atoms with Crippen LogP contribution in [-0.2, 0) is 4.74 Å². The van der Waals surface area contributed by atoms with E-state index in [-0.39, 0.29) is 0 Å². The minimum Gasteiger partial charge on any atom is -0.374 e. The molecular weight excluding hydrogens is 232 g/mol. The van der Waals surface area contributed by atoms with Crippen LogP contribution >= 0.6 is 11.3 Å². The zero-order chi connectivity index (χ0) is 11.2. The van der Waals surface area contributed by atoms with Gasteiger partial charge in [0.25, 0.3) is 0 Å². The van der Waals surface area contributed by atoms with Crippen LogP contribution in [0.15, 0.2) is 5.38 Å². The first kappa shape index (κ1) is 10.5. The van der Waals surface area contributed by atoms with Crippen LogP contribution in [0.25, 0.3) is 0 Å². The average Bonchev–Trinajstić information content (AvgIpc) is 3.12. The number of nitrogens with one attached hydrogen (secondary N) is 1. The van der Waals surface area contributed by atoms with Gasteiger partial charge in [0.15, 0.2) is 0 Å². The van der Waals surface area contributed by atoms with Gasteiger partial charge in [-0.05, 0) is 38.6 Å². The van der Waals surface area contributed by atoms with Crippen molar-refractivity contribution in [3.8, 4) is 0 Å². The zero-order valence-corrected chi connectivity index (χ0v) is 10.7. The molecule has 4 heteroatoms. The summed E-state index contributed by atoms with van der Waals surface area (Å²) in [6.07, 6.45) is 7.24. The normalized spacial score (nSPS) is 40.2. The fourth-order valence-electron chi connectivity index (χ4n) is 3.47. The molecule has 1 aromatic rings. The van der Waals surface area contributed by atoms with Crippen molar-refractivity contribution in [3.63, 3.8) is 0 Å². The van der Waals surface area contributed by atoms with E-state index in [1.165, 1.54) is 42.8 Å². The molecule has 1 N–H and O–H groups in total. The third kappa shape index (κ3) is 1.74. The zero-order valence-electron chi connectivity index (χ0n) is 9.89. The maximum atomic E-state index is 5.93. The van der Waals surface area contributed by atoms with Crippen molar-refractivity contribution in [2.45, 2.75) is 56.3 Å². The maximum absolute atomic E-state index is 5.93. The lowest BCUT2D eigenvalue weighted by Crippen LogP contribution is -2.16. The van der Waals surface area contributed by atoms with Gasteiger partial charge in [-0.15, -0.1) is 11.3 Å². The highest BCUT2D eigenvalue weighted by Crippen LogP contribution is 2.45. The topological polar surface area (TPSA) is 34.1 Å². The van der Waals surface area contributed by atoms with Crippen LogP contribution in [0.5, 0.6) is 0 Å². The molecule has 4 unspecified atom stereocenters. The summed E-state index contributed by atoms with van der Waals surface area (Å²) in [6.45, 7) is 1.15. The summed E-state index contributed by atoms with van der Waals surface area (Å²) in [7, 11) is 0. The third-order valence-electron chi connectivity index (χ3n) is 4.38. The van der Waals surface area contributed by atoms with Crippen molar-refractivity contribution in [1.29, 1.82) is 0 Å². The predicted octanol–water partition coefficient (Wildman–Crippen LogP) is 2.60. The number of rotatable bonds is 2. The molecule has 92 valence electrons. The van der Waals surface area contributed by atoms with Crippen molar-refractivity contribution in [3.05, 3.63) is 16.1 Å². The lowest BCUT2D eigenvalue weighted by molar-refractivity contribution is 0.100. The predicted molar refractivity (Wildman–Crippen MR) is 67.3 cm³/mol. The molecule has 17 heavy (non-hydrogen) atoms. The summed E-state index contributed by atoms with van der Waals surface area (Å²) >= 11 is 1.84. The van der Waals surface area contributed by atoms with Gasteiger partial charge in [0.1, 0.15) is 0 Å². The summed E-state index contributed by atoms with van der Waals surface area (Å²) in [5.74, 6) is 0.592. The monoisotopic (exact) mass is 250 g/mol. The molecule has 3 saturated heterocycles. The quantitative estimate of drug-likeness (QED) is 0.876. The van der Waals surface area contributed by atoms with E-state index >= 15 is 0 Å². The van der Waals surface area contributed by atoms with Gasteiger partial charge in [-0.3, -0.25) is 0 Å². The van der Waals surface area contributed by atoms with Crippen molar-refractivity contribution >= 4 is 11.3 Å². The number of hydrogen-bond acceptors (Lipinski definition) is 4. The lowest BCUT2D eigenvalue weighted by atomic mass is 9.90. The summed E-state index contributed by atoms with van der Waals surface area (Å²) in [5, 5.41) is 7.10. The van der Waals surface area contributed by atoms with E-state index in [0.29, 0.717) is 24.2 Å². The molecule has 4 atom stereocenters. The van der Waals surface area contributed by atoms with Gasteiger partial charge in [-0.1, -0.05) is 0 Å². The van der Waals surface area contributed by atoms with Gasteiger partial charge in [0.05, 0.1) is 29.0 Å². The molecule has 4 rings (SSSR count). The molecule has 2 bridgehead atoms. The van der Waals surface area contributed by atoms with E-state index in [1.54, 1.807) is 0 Å². The second-order valence-corrected chi connectivity index (χ2v) is 6.37. The van der Waals surface area contributed by atoms with E-state index in [2.05, 4.69) is 10.7 Å². The van der Waals surface area contributed by atoms with E-state index < -0.39 is 0 Å². The Morgan fingerprint density at radius 2 is 2.35 bits per heavy atom. The molecule has 3 nitrogen and oxygen atoms in total. The van der Waals surface area contributed by atoms with E-state index in [9.17, 15) is 0 Å². The van der Waals surface area contributed by atoms with Crippen LogP contribution in [0.2, 0.25) is 0 Å². The Hall–Kier alpha value is -0.450.